The van der Waals surface area contributed by atoms with E-state index >= 15 is 0 Å². The van der Waals surface area contributed by atoms with Crippen LogP contribution in [-0.2, 0) is 15.4 Å². The third kappa shape index (κ3) is 3.01. The highest BCUT2D eigenvalue weighted by molar-refractivity contribution is 7.94. The normalized spacial score (nSPS) is 12.7. The Kier molecular flexibility index (Phi) is 3.64. The summed E-state index contributed by atoms with van der Waals surface area (Å²) in [6.45, 7) is 9.35. The second-order valence-electron chi connectivity index (χ2n) is 5.54. The Morgan fingerprint density at radius 2 is 1.95 bits per heavy atom. The topological polar surface area (TPSA) is 85.1 Å². The highest BCUT2D eigenvalue weighted by Gasteiger charge is 2.24. The lowest BCUT2D eigenvalue weighted by Crippen LogP contribution is -2.13. The average molecular weight is 315 g/mol. The molecule has 0 aliphatic heterocycles. The van der Waals surface area contributed by atoms with E-state index in [1.165, 1.54) is 0 Å². The number of aryl methyl sites for hydroxylation is 2. The van der Waals surface area contributed by atoms with Crippen LogP contribution in [0.4, 0.5) is 5.88 Å². The largest absolute Gasteiger partial charge is 0.338 e. The number of aromatic nitrogens is 2. The fourth-order valence-electron chi connectivity index (χ4n) is 1.62. The summed E-state index contributed by atoms with van der Waals surface area (Å²) >= 11 is 1.13. The molecule has 0 saturated carbocycles. The summed E-state index contributed by atoms with van der Waals surface area (Å²) in [4.78, 5) is 4.12. The van der Waals surface area contributed by atoms with E-state index in [2.05, 4.69) is 14.9 Å². The molecule has 0 spiro atoms. The van der Waals surface area contributed by atoms with Crippen LogP contribution in [0.5, 0.6) is 0 Å². The summed E-state index contributed by atoms with van der Waals surface area (Å²) in [6.07, 6.45) is 0. The minimum Gasteiger partial charge on any atom is -0.338 e. The van der Waals surface area contributed by atoms with Crippen molar-refractivity contribution in [3.63, 3.8) is 0 Å². The molecule has 2 rings (SSSR count). The maximum absolute atomic E-state index is 12.3. The Morgan fingerprint density at radius 1 is 1.30 bits per heavy atom. The summed E-state index contributed by atoms with van der Waals surface area (Å²) in [7, 11) is -3.68. The van der Waals surface area contributed by atoms with E-state index in [4.69, 9.17) is 4.52 Å². The molecule has 20 heavy (non-hydrogen) atoms. The number of rotatable bonds is 3. The second-order valence-corrected chi connectivity index (χ2v) is 8.62. The molecule has 6 nitrogen and oxygen atoms in total. The number of hydrogen-bond donors (Lipinski definition) is 1. The first-order chi connectivity index (χ1) is 9.09. The SMILES string of the molecule is Cc1nc(C)c(S(=O)(=O)Nc2cc(C(C)(C)C)no2)s1. The number of anilines is 1. The van der Waals surface area contributed by atoms with Crippen molar-refractivity contribution in [1.29, 1.82) is 0 Å². The molecule has 0 aliphatic carbocycles. The number of sulfonamides is 1. The molecule has 0 bridgehead atoms. The van der Waals surface area contributed by atoms with E-state index in [-0.39, 0.29) is 15.5 Å². The fraction of sp³-hybridized carbons (Fsp3) is 0.500. The van der Waals surface area contributed by atoms with Gasteiger partial charge in [0.1, 0.15) is 0 Å². The van der Waals surface area contributed by atoms with Crippen LogP contribution in [0, 0.1) is 13.8 Å². The van der Waals surface area contributed by atoms with Gasteiger partial charge in [0.15, 0.2) is 4.21 Å². The van der Waals surface area contributed by atoms with Gasteiger partial charge >= 0.3 is 0 Å². The van der Waals surface area contributed by atoms with Crippen LogP contribution in [0.1, 0.15) is 37.2 Å². The van der Waals surface area contributed by atoms with Gasteiger partial charge in [-0.1, -0.05) is 25.9 Å². The molecule has 0 saturated heterocycles. The maximum atomic E-state index is 12.3. The molecule has 0 unspecified atom stereocenters. The van der Waals surface area contributed by atoms with Crippen molar-refractivity contribution in [2.75, 3.05) is 4.72 Å². The number of nitrogens with zero attached hydrogens (tertiary/aromatic N) is 2. The molecular weight excluding hydrogens is 298 g/mol. The minimum atomic E-state index is -3.68. The van der Waals surface area contributed by atoms with Crippen molar-refractivity contribution in [2.45, 2.75) is 44.2 Å². The Labute approximate surface area is 122 Å². The van der Waals surface area contributed by atoms with Crippen molar-refractivity contribution in [2.24, 2.45) is 0 Å². The lowest BCUT2D eigenvalue weighted by atomic mass is 9.92. The van der Waals surface area contributed by atoms with E-state index in [0.717, 1.165) is 11.3 Å². The van der Waals surface area contributed by atoms with E-state index < -0.39 is 10.0 Å². The van der Waals surface area contributed by atoms with Crippen LogP contribution < -0.4 is 4.72 Å². The van der Waals surface area contributed by atoms with Gasteiger partial charge in [0.05, 0.1) is 16.4 Å². The third-order valence-electron chi connectivity index (χ3n) is 2.62. The summed E-state index contributed by atoms with van der Waals surface area (Å²) in [5.41, 5.74) is 0.965. The molecule has 1 N–H and O–H groups in total. The van der Waals surface area contributed by atoms with Crippen LogP contribution in [0.15, 0.2) is 14.8 Å². The van der Waals surface area contributed by atoms with E-state index in [1.54, 1.807) is 19.9 Å². The van der Waals surface area contributed by atoms with Gasteiger partial charge in [-0.3, -0.25) is 0 Å². The zero-order valence-corrected chi connectivity index (χ0v) is 13.6. The molecule has 0 aliphatic rings. The maximum Gasteiger partial charge on any atom is 0.275 e. The van der Waals surface area contributed by atoms with Gasteiger partial charge in [-0.25, -0.2) is 18.1 Å². The Hall–Kier alpha value is -1.41. The second kappa shape index (κ2) is 4.85. The van der Waals surface area contributed by atoms with Gasteiger partial charge < -0.3 is 4.52 Å². The quantitative estimate of drug-likeness (QED) is 0.941. The van der Waals surface area contributed by atoms with Gasteiger partial charge in [-0.05, 0) is 13.8 Å². The first-order valence-electron chi connectivity index (χ1n) is 6.03. The molecule has 2 heterocycles. The van der Waals surface area contributed by atoms with Crippen LogP contribution in [0.2, 0.25) is 0 Å². The zero-order valence-electron chi connectivity index (χ0n) is 12.0. The van der Waals surface area contributed by atoms with Gasteiger partial charge in [0.2, 0.25) is 5.88 Å². The standard InChI is InChI=1S/C12H17N3O3S2/c1-7-11(19-8(2)13-7)20(16,17)15-10-6-9(14-18-10)12(3,4)5/h6,15H,1-5H3. The zero-order chi connectivity index (χ0) is 15.1. The molecule has 8 heteroatoms. The average Bonchev–Trinajstić information content (AvgIpc) is 2.84. The van der Waals surface area contributed by atoms with Crippen molar-refractivity contribution in [3.8, 4) is 0 Å². The highest BCUT2D eigenvalue weighted by atomic mass is 32.2. The lowest BCUT2D eigenvalue weighted by Gasteiger charge is -2.12. The monoisotopic (exact) mass is 315 g/mol. The molecule has 0 atom stereocenters. The molecule has 0 radical (unpaired) electrons. The number of thiazole rings is 1. The smallest absolute Gasteiger partial charge is 0.275 e. The third-order valence-corrected chi connectivity index (χ3v) is 5.65. The van der Waals surface area contributed by atoms with Gasteiger partial charge in [-0.2, -0.15) is 0 Å². The van der Waals surface area contributed by atoms with Crippen molar-refractivity contribution >= 4 is 27.2 Å². The van der Waals surface area contributed by atoms with E-state index in [9.17, 15) is 8.42 Å². The van der Waals surface area contributed by atoms with E-state index in [0.29, 0.717) is 16.4 Å². The van der Waals surface area contributed by atoms with Crippen LogP contribution >= 0.6 is 11.3 Å². The summed E-state index contributed by atoms with van der Waals surface area (Å²) in [6, 6.07) is 1.60. The van der Waals surface area contributed by atoms with Gasteiger partial charge in [0, 0.05) is 11.5 Å². The van der Waals surface area contributed by atoms with Crippen molar-refractivity contribution < 1.29 is 12.9 Å². The molecule has 0 fully saturated rings. The molecule has 110 valence electrons. The van der Waals surface area contributed by atoms with Crippen LogP contribution in [0.3, 0.4) is 0 Å². The van der Waals surface area contributed by atoms with Crippen LogP contribution in [-0.4, -0.2) is 18.6 Å². The van der Waals surface area contributed by atoms with Crippen LogP contribution in [0.25, 0.3) is 0 Å². The summed E-state index contributed by atoms with van der Waals surface area (Å²) in [5.74, 6) is 0.111. The molecule has 0 aromatic carbocycles. The Balaban J connectivity index is 2.29. The number of nitrogens with one attached hydrogen (secondary N) is 1. The summed E-state index contributed by atoms with van der Waals surface area (Å²) in [5, 5.41) is 4.58. The molecular formula is C12H17N3O3S2. The van der Waals surface area contributed by atoms with Crippen molar-refractivity contribution in [3.05, 3.63) is 22.5 Å². The van der Waals surface area contributed by atoms with Crippen molar-refractivity contribution in [1.82, 2.24) is 10.1 Å². The minimum absolute atomic E-state index is 0.111. The Bertz CT molecular complexity index is 723. The predicted molar refractivity (Wildman–Crippen MR) is 77.6 cm³/mol. The lowest BCUT2D eigenvalue weighted by molar-refractivity contribution is 0.405. The summed E-state index contributed by atoms with van der Waals surface area (Å²) < 4.78 is 32.2. The highest BCUT2D eigenvalue weighted by Crippen LogP contribution is 2.28. The Morgan fingerprint density at radius 3 is 2.40 bits per heavy atom. The van der Waals surface area contributed by atoms with Gasteiger partial charge in [0.25, 0.3) is 10.0 Å². The first-order valence-corrected chi connectivity index (χ1v) is 8.33. The molecule has 0 amide bonds. The van der Waals surface area contributed by atoms with Gasteiger partial charge in [-0.15, -0.1) is 11.3 Å². The first kappa shape index (κ1) is 15.0. The molecule has 2 aromatic rings. The predicted octanol–water partition coefficient (Wildman–Crippen LogP) is 2.85. The van der Waals surface area contributed by atoms with E-state index in [1.807, 2.05) is 20.8 Å². The number of hydrogen-bond acceptors (Lipinski definition) is 6. The fourth-order valence-corrected chi connectivity index (χ4v) is 4.08. The molecule has 2 aromatic heterocycles.